The molecule has 224 valence electrons. The van der Waals surface area contributed by atoms with Gasteiger partial charge in [-0.15, -0.1) is 0 Å². The highest BCUT2D eigenvalue weighted by Gasteiger charge is 2.36. The topological polar surface area (TPSA) is 144 Å². The number of amidine groups is 1. The molecule has 0 bridgehead atoms. The average Bonchev–Trinajstić information content (AvgIpc) is 3.01. The molecule has 1 aliphatic rings. The number of aliphatic imine (C=N–C) groups is 1. The maximum absolute atomic E-state index is 13.4. The smallest absolute Gasteiger partial charge is 0.338 e. The minimum Gasteiger partial charge on any atom is -0.493 e. The standard InChI is InChI=1S/C31H31N3O8S/c1-4-42-30(39)20-9-11-22(12-10-20)33-31-34(15-14-19-8-13-24(40-2)25(16-19)41-3)27(35)18-26(43-31)28(36)32-23-7-5-6-21(17-23)29(37)38/h5-13,16-17,26H,4,14-15,18H2,1-3H3,(H,32,36)(H,37,38). The number of aromatic carboxylic acids is 1. The number of thioether (sulfide) groups is 1. The summed E-state index contributed by atoms with van der Waals surface area (Å²) < 4.78 is 15.7. The highest BCUT2D eigenvalue weighted by atomic mass is 32.2. The molecular weight excluding hydrogens is 574 g/mol. The Morgan fingerprint density at radius 3 is 2.42 bits per heavy atom. The first-order chi connectivity index (χ1) is 20.7. The van der Waals surface area contributed by atoms with Crippen molar-refractivity contribution in [1.29, 1.82) is 0 Å². The highest BCUT2D eigenvalue weighted by Crippen LogP contribution is 2.32. The van der Waals surface area contributed by atoms with Crippen molar-refractivity contribution in [2.45, 2.75) is 25.0 Å². The Labute approximate surface area is 252 Å². The van der Waals surface area contributed by atoms with Gasteiger partial charge in [0.2, 0.25) is 11.8 Å². The summed E-state index contributed by atoms with van der Waals surface area (Å²) in [6.45, 7) is 2.26. The Morgan fingerprint density at radius 1 is 1.00 bits per heavy atom. The van der Waals surface area contributed by atoms with Crippen molar-refractivity contribution in [3.63, 3.8) is 0 Å². The third-order valence-corrected chi connectivity index (χ3v) is 7.67. The van der Waals surface area contributed by atoms with Gasteiger partial charge in [0.05, 0.1) is 37.6 Å². The summed E-state index contributed by atoms with van der Waals surface area (Å²) in [5.41, 5.74) is 2.09. The van der Waals surface area contributed by atoms with E-state index in [1.165, 1.54) is 23.1 Å². The Hall–Kier alpha value is -4.84. The summed E-state index contributed by atoms with van der Waals surface area (Å²) in [6.07, 6.45) is 0.397. The van der Waals surface area contributed by atoms with E-state index in [9.17, 15) is 24.3 Å². The van der Waals surface area contributed by atoms with E-state index >= 15 is 0 Å². The Kier molecular flexibility index (Phi) is 10.4. The normalized spacial score (nSPS) is 15.6. The molecule has 1 fully saturated rings. The molecule has 1 saturated heterocycles. The number of benzene rings is 3. The molecule has 3 aromatic carbocycles. The first kappa shape index (κ1) is 31.1. The summed E-state index contributed by atoms with van der Waals surface area (Å²) in [7, 11) is 3.10. The maximum atomic E-state index is 13.4. The number of carboxylic acid groups (broad SMARTS) is 1. The van der Waals surface area contributed by atoms with Gasteiger partial charge < -0.3 is 24.6 Å². The molecule has 0 saturated carbocycles. The quantitative estimate of drug-likeness (QED) is 0.295. The van der Waals surface area contributed by atoms with Crippen molar-refractivity contribution in [3.8, 4) is 11.5 Å². The van der Waals surface area contributed by atoms with Crippen LogP contribution in [0.1, 0.15) is 39.6 Å². The van der Waals surface area contributed by atoms with E-state index in [1.807, 2.05) is 12.1 Å². The average molecular weight is 606 g/mol. The zero-order valence-electron chi connectivity index (χ0n) is 23.9. The Bertz CT molecular complexity index is 1540. The summed E-state index contributed by atoms with van der Waals surface area (Å²) >= 11 is 1.13. The number of hydrogen-bond acceptors (Lipinski definition) is 9. The van der Waals surface area contributed by atoms with E-state index in [0.717, 1.165) is 17.3 Å². The van der Waals surface area contributed by atoms with Crippen LogP contribution in [-0.2, 0) is 20.7 Å². The van der Waals surface area contributed by atoms with Crippen LogP contribution in [0.2, 0.25) is 0 Å². The molecule has 1 heterocycles. The first-order valence-electron chi connectivity index (χ1n) is 13.4. The van der Waals surface area contributed by atoms with Gasteiger partial charge in [-0.2, -0.15) is 0 Å². The van der Waals surface area contributed by atoms with E-state index in [0.29, 0.717) is 40.0 Å². The van der Waals surface area contributed by atoms with Gasteiger partial charge in [-0.1, -0.05) is 23.9 Å². The van der Waals surface area contributed by atoms with Crippen LogP contribution in [0, 0.1) is 0 Å². The number of carbonyl (C=O) groups is 4. The molecule has 12 heteroatoms. The van der Waals surface area contributed by atoms with Gasteiger partial charge >= 0.3 is 11.9 Å². The predicted octanol–water partition coefficient (Wildman–Crippen LogP) is 4.78. The molecule has 3 aromatic rings. The molecule has 2 N–H and O–H groups in total. The number of esters is 1. The van der Waals surface area contributed by atoms with Crippen LogP contribution in [0.5, 0.6) is 11.5 Å². The van der Waals surface area contributed by atoms with Gasteiger partial charge in [-0.3, -0.25) is 14.5 Å². The molecule has 0 aromatic heterocycles. The number of nitrogens with one attached hydrogen (secondary N) is 1. The fraction of sp³-hybridized carbons (Fsp3) is 0.258. The van der Waals surface area contributed by atoms with Crippen molar-refractivity contribution in [2.24, 2.45) is 4.99 Å². The van der Waals surface area contributed by atoms with E-state index < -0.39 is 23.1 Å². The fourth-order valence-electron chi connectivity index (χ4n) is 4.29. The van der Waals surface area contributed by atoms with E-state index in [4.69, 9.17) is 14.2 Å². The number of anilines is 1. The van der Waals surface area contributed by atoms with Crippen LogP contribution in [0.3, 0.4) is 0 Å². The van der Waals surface area contributed by atoms with Gasteiger partial charge in [-0.05, 0) is 73.5 Å². The van der Waals surface area contributed by atoms with Crippen LogP contribution in [-0.4, -0.2) is 71.5 Å². The van der Waals surface area contributed by atoms with Crippen LogP contribution < -0.4 is 14.8 Å². The molecule has 11 nitrogen and oxygen atoms in total. The van der Waals surface area contributed by atoms with Gasteiger partial charge in [0.25, 0.3) is 0 Å². The lowest BCUT2D eigenvalue weighted by Gasteiger charge is -2.32. The largest absolute Gasteiger partial charge is 0.493 e. The number of ether oxygens (including phenoxy) is 3. The van der Waals surface area contributed by atoms with Crippen molar-refractivity contribution in [1.82, 2.24) is 4.90 Å². The number of nitrogens with zero attached hydrogens (tertiary/aromatic N) is 2. The Balaban J connectivity index is 1.58. The number of hydrogen-bond donors (Lipinski definition) is 2. The second-order valence-electron chi connectivity index (χ2n) is 9.33. The number of methoxy groups -OCH3 is 2. The zero-order valence-corrected chi connectivity index (χ0v) is 24.7. The highest BCUT2D eigenvalue weighted by molar-refractivity contribution is 8.15. The van der Waals surface area contributed by atoms with E-state index in [1.54, 1.807) is 57.5 Å². The van der Waals surface area contributed by atoms with E-state index in [-0.39, 0.29) is 31.0 Å². The summed E-state index contributed by atoms with van der Waals surface area (Å²) in [6, 6.07) is 17.8. The molecular formula is C31H31N3O8S. The van der Waals surface area contributed by atoms with Gasteiger partial charge in [0, 0.05) is 18.7 Å². The lowest BCUT2D eigenvalue weighted by molar-refractivity contribution is -0.129. The van der Waals surface area contributed by atoms with Crippen molar-refractivity contribution in [2.75, 3.05) is 32.7 Å². The van der Waals surface area contributed by atoms with Crippen molar-refractivity contribution >= 4 is 52.1 Å². The third kappa shape index (κ3) is 7.92. The SMILES string of the molecule is CCOC(=O)c1ccc(N=C2SC(C(=O)Nc3cccc(C(=O)O)c3)CC(=O)N2CCc2ccc(OC)c(OC)c2)cc1. The number of carboxylic acids is 1. The minimum atomic E-state index is -1.12. The van der Waals surface area contributed by atoms with Crippen molar-refractivity contribution in [3.05, 3.63) is 83.4 Å². The summed E-state index contributed by atoms with van der Waals surface area (Å²) in [5, 5.41) is 11.5. The molecule has 0 spiro atoms. The molecule has 1 atom stereocenters. The third-order valence-electron chi connectivity index (χ3n) is 6.48. The maximum Gasteiger partial charge on any atom is 0.338 e. The fourth-order valence-corrected chi connectivity index (χ4v) is 5.41. The molecule has 43 heavy (non-hydrogen) atoms. The molecule has 2 amide bonds. The van der Waals surface area contributed by atoms with Gasteiger partial charge in [0.15, 0.2) is 16.7 Å². The molecule has 0 radical (unpaired) electrons. The second kappa shape index (κ2) is 14.4. The molecule has 4 rings (SSSR count). The molecule has 1 aliphatic heterocycles. The molecule has 0 aliphatic carbocycles. The van der Waals surface area contributed by atoms with Crippen LogP contribution in [0.15, 0.2) is 71.7 Å². The van der Waals surface area contributed by atoms with Crippen LogP contribution in [0.4, 0.5) is 11.4 Å². The first-order valence-corrected chi connectivity index (χ1v) is 14.3. The minimum absolute atomic E-state index is 0.0278. The van der Waals surface area contributed by atoms with Crippen LogP contribution >= 0.6 is 11.8 Å². The van der Waals surface area contributed by atoms with Crippen molar-refractivity contribution < 1.29 is 38.5 Å². The number of carbonyl (C=O) groups excluding carboxylic acids is 3. The summed E-state index contributed by atoms with van der Waals surface area (Å²) in [4.78, 5) is 56.3. The van der Waals surface area contributed by atoms with Gasteiger partial charge in [0.1, 0.15) is 5.25 Å². The van der Waals surface area contributed by atoms with E-state index in [2.05, 4.69) is 10.3 Å². The lowest BCUT2D eigenvalue weighted by Crippen LogP contribution is -2.46. The van der Waals surface area contributed by atoms with Gasteiger partial charge in [-0.25, -0.2) is 14.6 Å². The zero-order chi connectivity index (χ0) is 30.9. The number of rotatable bonds is 11. The monoisotopic (exact) mass is 605 g/mol. The van der Waals surface area contributed by atoms with Crippen LogP contribution in [0.25, 0.3) is 0 Å². The molecule has 1 unspecified atom stereocenters. The second-order valence-corrected chi connectivity index (χ2v) is 10.5. The summed E-state index contributed by atoms with van der Waals surface area (Å²) in [5.74, 6) is -1.16. The number of amides is 2. The predicted molar refractivity (Wildman–Crippen MR) is 162 cm³/mol. The lowest BCUT2D eigenvalue weighted by atomic mass is 10.1. The Morgan fingerprint density at radius 2 is 1.74 bits per heavy atom.